The Kier molecular flexibility index (Phi) is 8.01. The zero-order valence-electron chi connectivity index (χ0n) is 30.8. The van der Waals surface area contributed by atoms with Crippen LogP contribution in [0.3, 0.4) is 0 Å². The molecule has 4 heteroatoms. The van der Waals surface area contributed by atoms with Crippen molar-refractivity contribution < 1.29 is 0 Å². The number of hydrogen-bond donors (Lipinski definition) is 0. The fraction of sp³-hybridized carbons (Fsp3) is 0. The van der Waals surface area contributed by atoms with Crippen molar-refractivity contribution in [2.45, 2.75) is 0 Å². The van der Waals surface area contributed by atoms with Crippen molar-refractivity contribution in [1.29, 1.82) is 0 Å². The molecule has 0 N–H and O–H groups in total. The van der Waals surface area contributed by atoms with Crippen LogP contribution in [0.1, 0.15) is 0 Å². The fourth-order valence-electron chi connectivity index (χ4n) is 8.07. The molecule has 0 spiro atoms. The van der Waals surface area contributed by atoms with Crippen molar-refractivity contribution in [3.8, 4) is 67.5 Å². The second-order valence-electron chi connectivity index (χ2n) is 14.4. The Hall–Kier alpha value is -7.27. The summed E-state index contributed by atoms with van der Waals surface area (Å²) in [4.78, 5) is 15.7. The predicted molar refractivity (Wildman–Crippen MR) is 240 cm³/mol. The number of fused-ring (bicyclic) bond motifs is 6. The maximum atomic E-state index is 5.27. The van der Waals surface area contributed by atoms with E-state index in [1.165, 1.54) is 53.2 Å². The zero-order chi connectivity index (χ0) is 37.7. The van der Waals surface area contributed by atoms with Crippen LogP contribution >= 0.6 is 11.3 Å². The van der Waals surface area contributed by atoms with Gasteiger partial charge in [-0.05, 0) is 67.1 Å². The first-order valence-electron chi connectivity index (χ1n) is 19.2. The molecule has 57 heavy (non-hydrogen) atoms. The van der Waals surface area contributed by atoms with Crippen molar-refractivity contribution in [3.05, 3.63) is 200 Å². The van der Waals surface area contributed by atoms with E-state index in [1.807, 2.05) is 17.4 Å². The molecule has 11 rings (SSSR count). The lowest BCUT2D eigenvalue weighted by atomic mass is 9.97. The minimum Gasteiger partial charge on any atom is -0.208 e. The number of thiophene rings is 1. The summed E-state index contributed by atoms with van der Waals surface area (Å²) >= 11 is 1.84. The summed E-state index contributed by atoms with van der Waals surface area (Å²) in [5.41, 5.74) is 10.1. The van der Waals surface area contributed by atoms with E-state index in [-0.39, 0.29) is 0 Å². The van der Waals surface area contributed by atoms with Crippen LogP contribution in [0.15, 0.2) is 200 Å². The summed E-state index contributed by atoms with van der Waals surface area (Å²) in [5.74, 6) is 1.94. The molecule has 0 amide bonds. The first-order valence-corrected chi connectivity index (χ1v) is 20.0. The average molecular weight is 744 g/mol. The van der Waals surface area contributed by atoms with Crippen molar-refractivity contribution in [3.63, 3.8) is 0 Å². The second kappa shape index (κ2) is 13.8. The van der Waals surface area contributed by atoms with E-state index in [2.05, 4.69) is 194 Å². The zero-order valence-corrected chi connectivity index (χ0v) is 31.6. The largest absolute Gasteiger partial charge is 0.208 e. The molecule has 3 nitrogen and oxygen atoms in total. The van der Waals surface area contributed by atoms with E-state index < -0.39 is 0 Å². The third-order valence-corrected chi connectivity index (χ3v) is 12.1. The number of hydrogen-bond acceptors (Lipinski definition) is 4. The third-order valence-electron chi connectivity index (χ3n) is 10.9. The highest BCUT2D eigenvalue weighted by molar-refractivity contribution is 7.26. The fourth-order valence-corrected chi connectivity index (χ4v) is 9.37. The molecule has 0 aliphatic heterocycles. The Labute approximate surface area is 334 Å². The highest BCUT2D eigenvalue weighted by Gasteiger charge is 2.19. The number of nitrogens with zero attached hydrogens (tertiary/aromatic N) is 3. The van der Waals surface area contributed by atoms with E-state index >= 15 is 0 Å². The first kappa shape index (κ1) is 33.1. The van der Waals surface area contributed by atoms with Crippen LogP contribution in [-0.4, -0.2) is 15.0 Å². The van der Waals surface area contributed by atoms with Gasteiger partial charge >= 0.3 is 0 Å². The molecule has 0 aliphatic carbocycles. The maximum Gasteiger partial charge on any atom is 0.164 e. The monoisotopic (exact) mass is 743 g/mol. The lowest BCUT2D eigenvalue weighted by molar-refractivity contribution is 1.08. The molecule has 0 saturated heterocycles. The van der Waals surface area contributed by atoms with Crippen molar-refractivity contribution in [1.82, 2.24) is 15.0 Å². The third kappa shape index (κ3) is 5.95. The Morgan fingerprint density at radius 3 is 1.51 bits per heavy atom. The second-order valence-corrected chi connectivity index (χ2v) is 15.4. The van der Waals surface area contributed by atoms with Gasteiger partial charge in [-0.2, -0.15) is 0 Å². The summed E-state index contributed by atoms with van der Waals surface area (Å²) < 4.78 is 2.49. The number of benzene rings is 9. The van der Waals surface area contributed by atoms with Crippen LogP contribution in [0.25, 0.3) is 109 Å². The molecule has 0 bridgehead atoms. The van der Waals surface area contributed by atoms with Gasteiger partial charge in [0, 0.05) is 36.9 Å². The summed E-state index contributed by atoms with van der Waals surface area (Å²) in [6, 6.07) is 71.0. The quantitative estimate of drug-likeness (QED) is 0.170. The van der Waals surface area contributed by atoms with Crippen LogP contribution in [-0.2, 0) is 0 Å². The molecule has 0 aliphatic rings. The van der Waals surface area contributed by atoms with Crippen LogP contribution in [0.4, 0.5) is 0 Å². The highest BCUT2D eigenvalue weighted by atomic mass is 32.1. The first-order chi connectivity index (χ1) is 28.2. The van der Waals surface area contributed by atoms with Gasteiger partial charge in [-0.1, -0.05) is 188 Å². The molecule has 0 saturated carbocycles. The van der Waals surface area contributed by atoms with Gasteiger partial charge in [-0.3, -0.25) is 0 Å². The van der Waals surface area contributed by atoms with Crippen LogP contribution in [0.2, 0.25) is 0 Å². The van der Waals surface area contributed by atoms with Crippen LogP contribution in [0.5, 0.6) is 0 Å². The Balaban J connectivity index is 1.07. The van der Waals surface area contributed by atoms with E-state index in [1.54, 1.807) is 0 Å². The lowest BCUT2D eigenvalue weighted by Crippen LogP contribution is -2.00. The molecular formula is C53H33N3S. The van der Waals surface area contributed by atoms with E-state index in [9.17, 15) is 0 Å². The Bertz CT molecular complexity index is 3260. The molecule has 2 heterocycles. The van der Waals surface area contributed by atoms with Crippen LogP contribution in [0, 0.1) is 0 Å². The van der Waals surface area contributed by atoms with Crippen LogP contribution < -0.4 is 0 Å². The topological polar surface area (TPSA) is 38.7 Å². The molecular weight excluding hydrogens is 711 g/mol. The van der Waals surface area contributed by atoms with Gasteiger partial charge in [0.15, 0.2) is 17.5 Å². The van der Waals surface area contributed by atoms with Gasteiger partial charge in [0.2, 0.25) is 0 Å². The van der Waals surface area contributed by atoms with E-state index in [4.69, 9.17) is 15.0 Å². The van der Waals surface area contributed by atoms with Gasteiger partial charge in [0.25, 0.3) is 0 Å². The van der Waals surface area contributed by atoms with E-state index in [0.717, 1.165) is 38.6 Å². The molecule has 266 valence electrons. The van der Waals surface area contributed by atoms with Crippen molar-refractivity contribution in [2.24, 2.45) is 0 Å². The molecule has 0 atom stereocenters. The minimum absolute atomic E-state index is 0.640. The SMILES string of the molecule is c1ccc(-c2ccc(-c3ccc(-c4nc(-c5ccc6ccccc6c5)nc(-c5cc6sc7c(-c8ccccc8)cccc7c6c6ccccc56)n4)cc3)cc2)cc1. The Morgan fingerprint density at radius 2 is 0.807 bits per heavy atom. The summed E-state index contributed by atoms with van der Waals surface area (Å²) in [5, 5.41) is 7.17. The summed E-state index contributed by atoms with van der Waals surface area (Å²) in [6.45, 7) is 0. The van der Waals surface area contributed by atoms with Crippen molar-refractivity contribution >= 4 is 53.1 Å². The van der Waals surface area contributed by atoms with E-state index in [0.29, 0.717) is 17.5 Å². The van der Waals surface area contributed by atoms with Crippen molar-refractivity contribution in [2.75, 3.05) is 0 Å². The smallest absolute Gasteiger partial charge is 0.164 e. The van der Waals surface area contributed by atoms with Gasteiger partial charge in [-0.25, -0.2) is 15.0 Å². The average Bonchev–Trinajstić information content (AvgIpc) is 3.68. The lowest BCUT2D eigenvalue weighted by Gasteiger charge is -2.12. The standard InChI is InChI=1S/C53H33N3S/c1-3-12-34(13-4-1)36-22-24-37(25-23-36)38-26-29-40(30-27-38)51-54-52(42-31-28-35-14-7-8-17-41(35)32-42)56-53(55-51)47-33-48-49(45-19-10-9-18-44(45)47)46-21-11-20-43(50(46)57-48)39-15-5-2-6-16-39/h1-33H. The summed E-state index contributed by atoms with van der Waals surface area (Å²) in [6.07, 6.45) is 0. The maximum absolute atomic E-state index is 5.27. The van der Waals surface area contributed by atoms with Gasteiger partial charge in [-0.15, -0.1) is 11.3 Å². The normalized spacial score (nSPS) is 11.5. The molecule has 2 aromatic heterocycles. The van der Waals surface area contributed by atoms with Gasteiger partial charge in [0.1, 0.15) is 0 Å². The molecule has 0 unspecified atom stereocenters. The number of rotatable bonds is 6. The molecule has 0 radical (unpaired) electrons. The number of aromatic nitrogens is 3. The molecule has 9 aromatic carbocycles. The summed E-state index contributed by atoms with van der Waals surface area (Å²) in [7, 11) is 0. The molecule has 0 fully saturated rings. The van der Waals surface area contributed by atoms with Gasteiger partial charge in [0.05, 0.1) is 0 Å². The van der Waals surface area contributed by atoms with Gasteiger partial charge < -0.3 is 0 Å². The predicted octanol–water partition coefficient (Wildman–Crippen LogP) is 14.5. The molecule has 11 aromatic rings. The Morgan fingerprint density at radius 1 is 0.298 bits per heavy atom. The highest BCUT2D eigenvalue weighted by Crippen LogP contribution is 2.45. The minimum atomic E-state index is 0.640.